The molecule has 0 aliphatic heterocycles. The molecule has 0 aromatic heterocycles. The van der Waals surface area contributed by atoms with Crippen molar-refractivity contribution in [3.8, 4) is 5.75 Å². The summed E-state index contributed by atoms with van der Waals surface area (Å²) >= 11 is 8.03. The highest BCUT2D eigenvalue weighted by atomic mass is 127. The molecule has 0 atom stereocenters. The Morgan fingerprint density at radius 2 is 2.05 bits per heavy atom. The van der Waals surface area contributed by atoms with Gasteiger partial charge >= 0.3 is 0 Å². The molecule has 20 heavy (non-hydrogen) atoms. The summed E-state index contributed by atoms with van der Waals surface area (Å²) in [6, 6.07) is 12.3. The smallest absolute Gasteiger partial charge is 0.257 e. The Bertz CT molecular complexity index is 646. The van der Waals surface area contributed by atoms with Gasteiger partial charge in [-0.1, -0.05) is 23.7 Å². The number of phenolic OH excluding ortho intramolecular Hbond substituents is 1. The van der Waals surface area contributed by atoms with Crippen molar-refractivity contribution in [3.05, 3.63) is 62.2 Å². The first-order chi connectivity index (χ1) is 9.47. The normalized spacial score (nSPS) is 10.3. The number of phenols is 1. The van der Waals surface area contributed by atoms with E-state index in [0.29, 0.717) is 17.1 Å². The van der Waals surface area contributed by atoms with Crippen molar-refractivity contribution >= 4 is 40.1 Å². The van der Waals surface area contributed by atoms with Crippen LogP contribution in [-0.4, -0.2) is 23.0 Å². The molecule has 0 fully saturated rings. The fourth-order valence-corrected chi connectivity index (χ4v) is 2.57. The monoisotopic (exact) mass is 401 g/mol. The molecule has 0 aliphatic rings. The Labute approximate surface area is 136 Å². The van der Waals surface area contributed by atoms with Crippen molar-refractivity contribution < 1.29 is 9.90 Å². The van der Waals surface area contributed by atoms with E-state index in [-0.39, 0.29) is 11.7 Å². The highest BCUT2D eigenvalue weighted by Gasteiger charge is 2.16. The second kappa shape index (κ2) is 6.45. The lowest BCUT2D eigenvalue weighted by Gasteiger charge is -2.18. The molecular weight excluding hydrogens is 389 g/mol. The quantitative estimate of drug-likeness (QED) is 0.792. The Balaban J connectivity index is 2.18. The average molecular weight is 402 g/mol. The molecule has 2 rings (SSSR count). The second-order valence-corrected chi connectivity index (χ2v) is 6.13. The van der Waals surface area contributed by atoms with Crippen molar-refractivity contribution in [1.82, 2.24) is 4.90 Å². The van der Waals surface area contributed by atoms with Crippen molar-refractivity contribution in [2.75, 3.05) is 7.05 Å². The van der Waals surface area contributed by atoms with E-state index < -0.39 is 0 Å². The standard InChI is InChI=1S/C15H13ClINO2/c1-18(9-10-3-2-4-11(16)7-10)15(20)13-8-12(17)5-6-14(13)19/h2-8,19H,9H2,1H3. The Morgan fingerprint density at radius 1 is 1.30 bits per heavy atom. The largest absolute Gasteiger partial charge is 0.507 e. The lowest BCUT2D eigenvalue weighted by atomic mass is 10.1. The summed E-state index contributed by atoms with van der Waals surface area (Å²) in [5.74, 6) is -0.227. The van der Waals surface area contributed by atoms with Gasteiger partial charge in [0.1, 0.15) is 5.75 Å². The summed E-state index contributed by atoms with van der Waals surface area (Å²) in [5, 5.41) is 10.4. The minimum absolute atomic E-state index is 0.00615. The van der Waals surface area contributed by atoms with E-state index in [9.17, 15) is 9.90 Å². The SMILES string of the molecule is CN(Cc1cccc(Cl)c1)C(=O)c1cc(I)ccc1O. The maximum absolute atomic E-state index is 12.3. The van der Waals surface area contributed by atoms with Crippen LogP contribution in [0.25, 0.3) is 0 Å². The third-order valence-electron chi connectivity index (χ3n) is 2.84. The van der Waals surface area contributed by atoms with Crippen LogP contribution in [0.15, 0.2) is 42.5 Å². The van der Waals surface area contributed by atoms with Crippen LogP contribution in [0.3, 0.4) is 0 Å². The van der Waals surface area contributed by atoms with Gasteiger partial charge in [0.05, 0.1) is 5.56 Å². The zero-order valence-electron chi connectivity index (χ0n) is 10.8. The summed E-state index contributed by atoms with van der Waals surface area (Å²) < 4.78 is 0.903. The molecule has 104 valence electrons. The zero-order valence-corrected chi connectivity index (χ0v) is 13.7. The van der Waals surface area contributed by atoms with Gasteiger partial charge in [-0.05, 0) is 58.5 Å². The fourth-order valence-electron chi connectivity index (χ4n) is 1.87. The van der Waals surface area contributed by atoms with Gasteiger partial charge < -0.3 is 10.0 Å². The van der Waals surface area contributed by atoms with E-state index in [1.807, 2.05) is 18.2 Å². The van der Waals surface area contributed by atoms with Crippen LogP contribution in [0.2, 0.25) is 5.02 Å². The van der Waals surface area contributed by atoms with Crippen molar-refractivity contribution in [2.45, 2.75) is 6.54 Å². The van der Waals surface area contributed by atoms with Gasteiger partial charge in [-0.3, -0.25) is 4.79 Å². The number of hydrogen-bond acceptors (Lipinski definition) is 2. The molecule has 0 heterocycles. The van der Waals surface area contributed by atoms with Gasteiger partial charge in [-0.2, -0.15) is 0 Å². The minimum atomic E-state index is -0.221. The third kappa shape index (κ3) is 3.64. The van der Waals surface area contributed by atoms with Crippen LogP contribution < -0.4 is 0 Å². The predicted molar refractivity (Wildman–Crippen MR) is 88.1 cm³/mol. The molecule has 2 aromatic carbocycles. The van der Waals surface area contributed by atoms with E-state index in [0.717, 1.165) is 9.13 Å². The molecule has 5 heteroatoms. The molecule has 0 aliphatic carbocycles. The molecule has 2 aromatic rings. The fraction of sp³-hybridized carbons (Fsp3) is 0.133. The Kier molecular flexibility index (Phi) is 4.88. The number of hydrogen-bond donors (Lipinski definition) is 1. The van der Waals surface area contributed by atoms with Gasteiger partial charge in [0, 0.05) is 22.2 Å². The molecule has 0 bridgehead atoms. The van der Waals surface area contributed by atoms with E-state index in [1.165, 1.54) is 6.07 Å². The Morgan fingerprint density at radius 3 is 2.75 bits per heavy atom. The number of amides is 1. The predicted octanol–water partition coefficient (Wildman–Crippen LogP) is 3.92. The highest BCUT2D eigenvalue weighted by molar-refractivity contribution is 14.1. The third-order valence-corrected chi connectivity index (χ3v) is 3.75. The number of carbonyl (C=O) groups is 1. The van der Waals surface area contributed by atoms with Crippen LogP contribution in [-0.2, 0) is 6.54 Å². The minimum Gasteiger partial charge on any atom is -0.507 e. The van der Waals surface area contributed by atoms with Crippen LogP contribution in [0.4, 0.5) is 0 Å². The molecule has 1 N–H and O–H groups in total. The highest BCUT2D eigenvalue weighted by Crippen LogP contribution is 2.22. The van der Waals surface area contributed by atoms with Gasteiger partial charge in [-0.15, -0.1) is 0 Å². The van der Waals surface area contributed by atoms with Gasteiger partial charge in [0.2, 0.25) is 0 Å². The van der Waals surface area contributed by atoms with Crippen LogP contribution in [0, 0.1) is 3.57 Å². The molecule has 1 amide bonds. The summed E-state index contributed by atoms with van der Waals surface area (Å²) in [4.78, 5) is 13.9. The molecule has 0 saturated carbocycles. The maximum Gasteiger partial charge on any atom is 0.257 e. The van der Waals surface area contributed by atoms with Gasteiger partial charge in [-0.25, -0.2) is 0 Å². The lowest BCUT2D eigenvalue weighted by molar-refractivity contribution is 0.0782. The number of nitrogens with zero attached hydrogens (tertiary/aromatic N) is 1. The number of halogens is 2. The summed E-state index contributed by atoms with van der Waals surface area (Å²) in [5.41, 5.74) is 1.25. The van der Waals surface area contributed by atoms with E-state index in [4.69, 9.17) is 11.6 Å². The van der Waals surface area contributed by atoms with Crippen LogP contribution in [0.5, 0.6) is 5.75 Å². The number of benzene rings is 2. The maximum atomic E-state index is 12.3. The van der Waals surface area contributed by atoms with E-state index in [2.05, 4.69) is 22.6 Å². The zero-order chi connectivity index (χ0) is 14.7. The molecule has 3 nitrogen and oxygen atoms in total. The van der Waals surface area contributed by atoms with E-state index >= 15 is 0 Å². The molecule has 0 saturated heterocycles. The summed E-state index contributed by atoms with van der Waals surface area (Å²) in [7, 11) is 1.70. The second-order valence-electron chi connectivity index (χ2n) is 4.45. The average Bonchev–Trinajstić information content (AvgIpc) is 2.40. The Hall–Kier alpha value is -1.27. The summed E-state index contributed by atoms with van der Waals surface area (Å²) in [6.45, 7) is 0.435. The molecule has 0 unspecified atom stereocenters. The van der Waals surface area contributed by atoms with Crippen molar-refractivity contribution in [2.24, 2.45) is 0 Å². The van der Waals surface area contributed by atoms with Crippen LogP contribution in [0.1, 0.15) is 15.9 Å². The van der Waals surface area contributed by atoms with Crippen LogP contribution >= 0.6 is 34.2 Å². The first-order valence-corrected chi connectivity index (χ1v) is 7.41. The molecule has 0 spiro atoms. The number of rotatable bonds is 3. The first-order valence-electron chi connectivity index (χ1n) is 5.96. The topological polar surface area (TPSA) is 40.5 Å². The van der Waals surface area contributed by atoms with E-state index in [1.54, 1.807) is 30.1 Å². The number of aromatic hydroxyl groups is 1. The number of carbonyl (C=O) groups excluding carboxylic acids is 1. The van der Waals surface area contributed by atoms with Gasteiger partial charge in [0.15, 0.2) is 0 Å². The van der Waals surface area contributed by atoms with Crippen molar-refractivity contribution in [3.63, 3.8) is 0 Å². The van der Waals surface area contributed by atoms with Crippen molar-refractivity contribution in [1.29, 1.82) is 0 Å². The first kappa shape index (κ1) is 15.1. The molecule has 0 radical (unpaired) electrons. The summed E-state index contributed by atoms with van der Waals surface area (Å²) in [6.07, 6.45) is 0. The lowest BCUT2D eigenvalue weighted by Crippen LogP contribution is -2.26. The molecular formula is C15H13ClINO2. The van der Waals surface area contributed by atoms with Gasteiger partial charge in [0.25, 0.3) is 5.91 Å².